The third-order valence-electron chi connectivity index (χ3n) is 2.58. The molecule has 0 saturated heterocycles. The molecule has 0 aliphatic heterocycles. The summed E-state index contributed by atoms with van der Waals surface area (Å²) in [6, 6.07) is 10.7. The maximum Gasteiger partial charge on any atom is 0.323 e. The van der Waals surface area contributed by atoms with Crippen LogP contribution in [0.1, 0.15) is 12.5 Å². The summed E-state index contributed by atoms with van der Waals surface area (Å²) in [5.41, 5.74) is 2.53. The number of rotatable bonds is 3. The zero-order valence-corrected chi connectivity index (χ0v) is 11.2. The van der Waals surface area contributed by atoms with E-state index in [4.69, 9.17) is 11.6 Å². The van der Waals surface area contributed by atoms with Crippen molar-refractivity contribution in [1.82, 2.24) is 4.98 Å². The van der Waals surface area contributed by atoms with E-state index in [-0.39, 0.29) is 6.03 Å². The van der Waals surface area contributed by atoms with E-state index in [1.165, 1.54) is 11.8 Å². The molecule has 0 bridgehead atoms. The van der Waals surface area contributed by atoms with Crippen LogP contribution in [0.3, 0.4) is 0 Å². The van der Waals surface area contributed by atoms with Crippen molar-refractivity contribution in [3.63, 3.8) is 0 Å². The lowest BCUT2D eigenvalue weighted by Gasteiger charge is -2.08. The summed E-state index contributed by atoms with van der Waals surface area (Å²) in [6.07, 6.45) is 2.43. The first-order chi connectivity index (χ1) is 9.17. The lowest BCUT2D eigenvalue weighted by atomic mass is 10.1. The number of benzene rings is 1. The molecule has 0 fully saturated rings. The van der Waals surface area contributed by atoms with Gasteiger partial charge in [0.2, 0.25) is 0 Å². The average molecular weight is 276 g/mol. The van der Waals surface area contributed by atoms with Crippen LogP contribution in [0.15, 0.2) is 42.6 Å². The summed E-state index contributed by atoms with van der Waals surface area (Å²) in [5, 5.41) is 5.84. The van der Waals surface area contributed by atoms with Gasteiger partial charge in [0.15, 0.2) is 0 Å². The monoisotopic (exact) mass is 275 g/mol. The number of amides is 2. The molecule has 2 aromatic rings. The van der Waals surface area contributed by atoms with Crippen molar-refractivity contribution in [3.8, 4) is 0 Å². The second kappa shape index (κ2) is 6.20. The molecule has 0 atom stereocenters. The minimum absolute atomic E-state index is 0.308. The van der Waals surface area contributed by atoms with Gasteiger partial charge in [-0.15, -0.1) is 0 Å². The minimum atomic E-state index is -0.308. The molecular formula is C14H14ClN3O. The molecule has 0 radical (unpaired) electrons. The molecule has 1 heterocycles. The Bertz CT molecular complexity index is 569. The third kappa shape index (κ3) is 3.96. The number of hydrogen-bond acceptors (Lipinski definition) is 2. The zero-order valence-electron chi connectivity index (χ0n) is 10.5. The fourth-order valence-corrected chi connectivity index (χ4v) is 1.72. The van der Waals surface area contributed by atoms with Gasteiger partial charge in [0.05, 0.1) is 11.9 Å². The van der Waals surface area contributed by atoms with Crippen LogP contribution in [0.5, 0.6) is 0 Å². The molecule has 0 spiro atoms. The van der Waals surface area contributed by atoms with Gasteiger partial charge in [-0.2, -0.15) is 0 Å². The quantitative estimate of drug-likeness (QED) is 0.834. The first-order valence-corrected chi connectivity index (χ1v) is 6.33. The fourth-order valence-electron chi connectivity index (χ4n) is 1.61. The number of aryl methyl sites for hydroxylation is 1. The van der Waals surface area contributed by atoms with E-state index < -0.39 is 0 Å². The van der Waals surface area contributed by atoms with E-state index in [1.807, 2.05) is 24.3 Å². The lowest BCUT2D eigenvalue weighted by Crippen LogP contribution is -2.19. The topological polar surface area (TPSA) is 54.0 Å². The van der Waals surface area contributed by atoms with Crippen LogP contribution in [0.2, 0.25) is 5.15 Å². The van der Waals surface area contributed by atoms with Crippen molar-refractivity contribution in [2.45, 2.75) is 13.3 Å². The Morgan fingerprint density at radius 2 is 2.00 bits per heavy atom. The molecule has 4 nitrogen and oxygen atoms in total. The summed E-state index contributed by atoms with van der Waals surface area (Å²) in [6.45, 7) is 2.07. The number of hydrogen-bond donors (Lipinski definition) is 2. The molecule has 2 N–H and O–H groups in total. The van der Waals surface area contributed by atoms with Gasteiger partial charge in [-0.05, 0) is 36.2 Å². The predicted molar refractivity (Wildman–Crippen MR) is 77.7 cm³/mol. The highest BCUT2D eigenvalue weighted by Crippen LogP contribution is 2.13. The molecule has 5 heteroatoms. The summed E-state index contributed by atoms with van der Waals surface area (Å²) in [5.74, 6) is 0. The van der Waals surface area contributed by atoms with E-state index in [2.05, 4.69) is 22.5 Å². The Morgan fingerprint density at radius 3 is 2.68 bits per heavy atom. The molecule has 2 rings (SSSR count). The van der Waals surface area contributed by atoms with Gasteiger partial charge in [0.1, 0.15) is 5.15 Å². The van der Waals surface area contributed by atoms with Crippen molar-refractivity contribution in [3.05, 3.63) is 53.3 Å². The Hall–Kier alpha value is -2.07. The molecule has 0 saturated carbocycles. The molecule has 98 valence electrons. The van der Waals surface area contributed by atoms with Crippen LogP contribution in [-0.2, 0) is 6.42 Å². The molecular weight excluding hydrogens is 262 g/mol. The number of carbonyl (C=O) groups is 1. The van der Waals surface area contributed by atoms with Crippen molar-refractivity contribution >= 4 is 29.0 Å². The van der Waals surface area contributed by atoms with Gasteiger partial charge in [-0.3, -0.25) is 0 Å². The van der Waals surface area contributed by atoms with Gasteiger partial charge in [-0.1, -0.05) is 30.7 Å². The molecule has 1 aromatic heterocycles. The number of aromatic nitrogens is 1. The normalized spacial score (nSPS) is 10.0. The van der Waals surface area contributed by atoms with Crippen molar-refractivity contribution in [2.24, 2.45) is 0 Å². The summed E-state index contributed by atoms with van der Waals surface area (Å²) in [4.78, 5) is 15.7. The second-order valence-electron chi connectivity index (χ2n) is 4.00. The van der Waals surface area contributed by atoms with Crippen molar-refractivity contribution in [1.29, 1.82) is 0 Å². The maximum atomic E-state index is 11.8. The lowest BCUT2D eigenvalue weighted by molar-refractivity contribution is 0.262. The maximum absolute atomic E-state index is 11.8. The van der Waals surface area contributed by atoms with E-state index >= 15 is 0 Å². The van der Waals surface area contributed by atoms with Gasteiger partial charge < -0.3 is 10.6 Å². The SMILES string of the molecule is CCc1cccc(NC(=O)Nc2ccc(Cl)nc2)c1. The summed E-state index contributed by atoms with van der Waals surface area (Å²) < 4.78 is 0. The minimum Gasteiger partial charge on any atom is -0.308 e. The molecule has 1 aromatic carbocycles. The summed E-state index contributed by atoms with van der Waals surface area (Å²) >= 11 is 5.67. The Kier molecular flexibility index (Phi) is 4.36. The molecule has 2 amide bonds. The highest BCUT2D eigenvalue weighted by Gasteiger charge is 2.03. The number of anilines is 2. The predicted octanol–water partition coefficient (Wildman–Crippen LogP) is 3.94. The Morgan fingerprint density at radius 1 is 1.21 bits per heavy atom. The third-order valence-corrected chi connectivity index (χ3v) is 2.80. The molecule has 19 heavy (non-hydrogen) atoms. The largest absolute Gasteiger partial charge is 0.323 e. The van der Waals surface area contributed by atoms with E-state index in [0.717, 1.165) is 12.1 Å². The van der Waals surface area contributed by atoms with Crippen LogP contribution in [0.25, 0.3) is 0 Å². The van der Waals surface area contributed by atoms with E-state index in [9.17, 15) is 4.79 Å². The average Bonchev–Trinajstić information content (AvgIpc) is 2.41. The van der Waals surface area contributed by atoms with Crippen LogP contribution in [0, 0.1) is 0 Å². The number of nitrogens with zero attached hydrogens (tertiary/aromatic N) is 1. The highest BCUT2D eigenvalue weighted by atomic mass is 35.5. The highest BCUT2D eigenvalue weighted by molar-refractivity contribution is 6.29. The number of urea groups is 1. The molecule has 0 aliphatic carbocycles. The number of pyridine rings is 1. The number of carbonyl (C=O) groups excluding carboxylic acids is 1. The van der Waals surface area contributed by atoms with Gasteiger partial charge in [0.25, 0.3) is 0 Å². The van der Waals surface area contributed by atoms with Crippen molar-refractivity contribution in [2.75, 3.05) is 10.6 Å². The Labute approximate surface area is 116 Å². The van der Waals surface area contributed by atoms with Gasteiger partial charge >= 0.3 is 6.03 Å². The molecule has 0 unspecified atom stereocenters. The van der Waals surface area contributed by atoms with E-state index in [0.29, 0.717) is 10.8 Å². The van der Waals surface area contributed by atoms with Crippen LogP contribution in [0.4, 0.5) is 16.2 Å². The van der Waals surface area contributed by atoms with Crippen LogP contribution >= 0.6 is 11.6 Å². The summed E-state index contributed by atoms with van der Waals surface area (Å²) in [7, 11) is 0. The van der Waals surface area contributed by atoms with Crippen molar-refractivity contribution < 1.29 is 4.79 Å². The smallest absolute Gasteiger partial charge is 0.308 e. The van der Waals surface area contributed by atoms with Gasteiger partial charge in [-0.25, -0.2) is 9.78 Å². The second-order valence-corrected chi connectivity index (χ2v) is 4.39. The first kappa shape index (κ1) is 13.4. The zero-order chi connectivity index (χ0) is 13.7. The van der Waals surface area contributed by atoms with Crippen LogP contribution < -0.4 is 10.6 Å². The molecule has 0 aliphatic rings. The fraction of sp³-hybridized carbons (Fsp3) is 0.143. The number of halogens is 1. The first-order valence-electron chi connectivity index (χ1n) is 5.96. The van der Waals surface area contributed by atoms with Crippen LogP contribution in [-0.4, -0.2) is 11.0 Å². The number of nitrogens with one attached hydrogen (secondary N) is 2. The van der Waals surface area contributed by atoms with E-state index in [1.54, 1.807) is 12.1 Å². The standard InChI is InChI=1S/C14H14ClN3O/c1-2-10-4-3-5-11(8-10)17-14(19)18-12-6-7-13(15)16-9-12/h3-9H,2H2,1H3,(H2,17,18,19). The van der Waals surface area contributed by atoms with Gasteiger partial charge in [0, 0.05) is 5.69 Å². The Balaban J connectivity index is 1.99.